The van der Waals surface area contributed by atoms with E-state index in [1.807, 2.05) is 17.0 Å². The number of halogens is 1. The third-order valence-electron chi connectivity index (χ3n) is 5.53. The molecule has 31 heavy (non-hydrogen) atoms. The molecule has 5 nitrogen and oxygen atoms in total. The van der Waals surface area contributed by atoms with Gasteiger partial charge in [0.05, 0.1) is 6.04 Å². The lowest BCUT2D eigenvalue weighted by Crippen LogP contribution is -2.51. The number of carbonyl (C=O) groups is 1. The van der Waals surface area contributed by atoms with E-state index in [1.54, 1.807) is 12.1 Å². The summed E-state index contributed by atoms with van der Waals surface area (Å²) in [5.74, 6) is 0.0910. The summed E-state index contributed by atoms with van der Waals surface area (Å²) in [6.07, 6.45) is 0. The molecular formula is C25H25ClN2O3. The van der Waals surface area contributed by atoms with Gasteiger partial charge in [-0.25, -0.2) is 0 Å². The largest absolute Gasteiger partial charge is 0.504 e. The second-order valence-electron chi connectivity index (χ2n) is 7.54. The smallest absolute Gasteiger partial charge is 0.260 e. The summed E-state index contributed by atoms with van der Waals surface area (Å²) in [7, 11) is 0. The third-order valence-corrected chi connectivity index (χ3v) is 5.77. The first-order valence-corrected chi connectivity index (χ1v) is 10.7. The van der Waals surface area contributed by atoms with Crippen LogP contribution in [0.2, 0.25) is 5.02 Å². The van der Waals surface area contributed by atoms with Crippen LogP contribution < -0.4 is 4.74 Å². The van der Waals surface area contributed by atoms with E-state index in [9.17, 15) is 9.90 Å². The van der Waals surface area contributed by atoms with Crippen LogP contribution in [0.25, 0.3) is 0 Å². The number of phenolic OH excluding ortho intramolecular Hbond substituents is 1. The van der Waals surface area contributed by atoms with E-state index in [2.05, 4.69) is 53.4 Å². The highest BCUT2D eigenvalue weighted by atomic mass is 35.5. The standard InChI is InChI=1S/C25H25ClN2O3/c26-21-11-12-23(22(29)17-21)31-18-24(30)27-13-15-28(16-14-27)25(19-7-3-1-4-8-19)20-9-5-2-6-10-20/h1-12,17,25,29H,13-16,18H2. The van der Waals surface area contributed by atoms with Gasteiger partial charge >= 0.3 is 0 Å². The predicted molar refractivity (Wildman–Crippen MR) is 121 cm³/mol. The zero-order valence-corrected chi connectivity index (χ0v) is 17.9. The zero-order chi connectivity index (χ0) is 21.6. The molecular weight excluding hydrogens is 412 g/mol. The van der Waals surface area contributed by atoms with Crippen molar-refractivity contribution >= 4 is 17.5 Å². The molecule has 0 spiro atoms. The maximum Gasteiger partial charge on any atom is 0.260 e. The van der Waals surface area contributed by atoms with Crippen molar-refractivity contribution in [2.75, 3.05) is 32.8 Å². The molecule has 0 atom stereocenters. The molecule has 3 aromatic carbocycles. The molecule has 1 aliphatic rings. The number of rotatable bonds is 6. The molecule has 0 aliphatic carbocycles. The highest BCUT2D eigenvalue weighted by Gasteiger charge is 2.28. The van der Waals surface area contributed by atoms with Crippen molar-refractivity contribution < 1.29 is 14.6 Å². The molecule has 1 saturated heterocycles. The lowest BCUT2D eigenvalue weighted by Gasteiger charge is -2.39. The molecule has 0 aromatic heterocycles. The number of aromatic hydroxyl groups is 1. The van der Waals surface area contributed by atoms with Gasteiger partial charge in [0.25, 0.3) is 5.91 Å². The summed E-state index contributed by atoms with van der Waals surface area (Å²) in [6, 6.07) is 25.7. The van der Waals surface area contributed by atoms with Crippen molar-refractivity contribution in [1.82, 2.24) is 9.80 Å². The van der Waals surface area contributed by atoms with Crippen LogP contribution in [-0.2, 0) is 4.79 Å². The van der Waals surface area contributed by atoms with Gasteiger partial charge in [-0.2, -0.15) is 0 Å². The fourth-order valence-electron chi connectivity index (χ4n) is 3.96. The van der Waals surface area contributed by atoms with Gasteiger partial charge in [-0.1, -0.05) is 72.3 Å². The van der Waals surface area contributed by atoms with E-state index >= 15 is 0 Å². The van der Waals surface area contributed by atoms with Crippen molar-refractivity contribution in [2.45, 2.75) is 6.04 Å². The van der Waals surface area contributed by atoms with Crippen LogP contribution in [0.5, 0.6) is 11.5 Å². The zero-order valence-electron chi connectivity index (χ0n) is 17.2. The van der Waals surface area contributed by atoms with E-state index in [4.69, 9.17) is 16.3 Å². The van der Waals surface area contributed by atoms with E-state index < -0.39 is 0 Å². The molecule has 1 fully saturated rings. The van der Waals surface area contributed by atoms with Gasteiger partial charge in [-0.15, -0.1) is 0 Å². The lowest BCUT2D eigenvalue weighted by atomic mass is 9.96. The van der Waals surface area contributed by atoms with Gasteiger partial charge in [0.1, 0.15) is 0 Å². The minimum Gasteiger partial charge on any atom is -0.504 e. The highest BCUT2D eigenvalue weighted by molar-refractivity contribution is 6.30. The van der Waals surface area contributed by atoms with Gasteiger partial charge < -0.3 is 14.7 Å². The lowest BCUT2D eigenvalue weighted by molar-refractivity contribution is -0.135. The molecule has 4 rings (SSSR count). The van der Waals surface area contributed by atoms with Crippen LogP contribution in [0.15, 0.2) is 78.9 Å². The van der Waals surface area contributed by atoms with Gasteiger partial charge in [0.15, 0.2) is 18.1 Å². The van der Waals surface area contributed by atoms with Crippen molar-refractivity contribution in [3.05, 3.63) is 95.0 Å². The Morgan fingerprint density at radius 2 is 1.48 bits per heavy atom. The molecule has 0 bridgehead atoms. The maximum atomic E-state index is 12.6. The molecule has 1 N–H and O–H groups in total. The Bertz CT molecular complexity index is 966. The number of carbonyl (C=O) groups excluding carboxylic acids is 1. The first-order valence-electron chi connectivity index (χ1n) is 10.3. The first-order chi connectivity index (χ1) is 15.1. The van der Waals surface area contributed by atoms with E-state index in [1.165, 1.54) is 17.2 Å². The van der Waals surface area contributed by atoms with Gasteiger partial charge in [-0.05, 0) is 23.3 Å². The molecule has 3 aromatic rings. The van der Waals surface area contributed by atoms with E-state index in [0.717, 1.165) is 13.1 Å². The minimum absolute atomic E-state index is 0.0707. The third kappa shape index (κ3) is 5.19. The highest BCUT2D eigenvalue weighted by Crippen LogP contribution is 2.30. The Morgan fingerprint density at radius 3 is 2.03 bits per heavy atom. The Morgan fingerprint density at radius 1 is 0.903 bits per heavy atom. The van der Waals surface area contributed by atoms with Crippen LogP contribution >= 0.6 is 11.6 Å². The summed E-state index contributed by atoms with van der Waals surface area (Å²) in [5.41, 5.74) is 2.49. The Hall–Kier alpha value is -3.02. The molecule has 0 saturated carbocycles. The van der Waals surface area contributed by atoms with Crippen LogP contribution in [-0.4, -0.2) is 53.6 Å². The number of hydrogen-bond acceptors (Lipinski definition) is 4. The van der Waals surface area contributed by atoms with Gasteiger partial charge in [-0.3, -0.25) is 9.69 Å². The molecule has 0 radical (unpaired) electrons. The average molecular weight is 437 g/mol. The second kappa shape index (κ2) is 9.86. The second-order valence-corrected chi connectivity index (χ2v) is 7.98. The van der Waals surface area contributed by atoms with Crippen LogP contribution in [0.3, 0.4) is 0 Å². The van der Waals surface area contributed by atoms with Crippen molar-refractivity contribution in [3.63, 3.8) is 0 Å². The fourth-order valence-corrected chi connectivity index (χ4v) is 4.12. The Labute approximate surface area is 187 Å². The Kier molecular flexibility index (Phi) is 6.75. The summed E-state index contributed by atoms with van der Waals surface area (Å²) in [6.45, 7) is 2.69. The summed E-state index contributed by atoms with van der Waals surface area (Å²) in [5, 5.41) is 10.3. The minimum atomic E-state index is -0.115. The predicted octanol–water partition coefficient (Wildman–Crippen LogP) is 4.36. The molecule has 0 unspecified atom stereocenters. The van der Waals surface area contributed by atoms with Crippen molar-refractivity contribution in [2.24, 2.45) is 0 Å². The first kappa shape index (κ1) is 21.2. The number of piperazine rings is 1. The van der Waals surface area contributed by atoms with Crippen molar-refractivity contribution in [1.29, 1.82) is 0 Å². The van der Waals surface area contributed by atoms with Gasteiger partial charge in [0, 0.05) is 37.3 Å². The average Bonchev–Trinajstić information content (AvgIpc) is 2.80. The van der Waals surface area contributed by atoms with Crippen LogP contribution in [0.4, 0.5) is 0 Å². The van der Waals surface area contributed by atoms with Crippen LogP contribution in [0, 0.1) is 0 Å². The quantitative estimate of drug-likeness (QED) is 0.623. The maximum absolute atomic E-state index is 12.6. The van der Waals surface area contributed by atoms with Gasteiger partial charge in [0.2, 0.25) is 0 Å². The number of benzene rings is 3. The summed E-state index contributed by atoms with van der Waals surface area (Å²) >= 11 is 5.83. The number of hydrogen-bond donors (Lipinski definition) is 1. The SMILES string of the molecule is O=C(COc1ccc(Cl)cc1O)N1CCN(C(c2ccccc2)c2ccccc2)CC1. The summed E-state index contributed by atoms with van der Waals surface area (Å²) < 4.78 is 5.51. The fraction of sp³-hybridized carbons (Fsp3) is 0.240. The van der Waals surface area contributed by atoms with Crippen LogP contribution in [0.1, 0.15) is 17.2 Å². The monoisotopic (exact) mass is 436 g/mol. The molecule has 160 valence electrons. The number of ether oxygens (including phenoxy) is 1. The molecule has 6 heteroatoms. The number of amides is 1. The number of phenols is 1. The summed E-state index contributed by atoms with van der Waals surface area (Å²) in [4.78, 5) is 16.9. The molecule has 1 heterocycles. The van der Waals surface area contributed by atoms with E-state index in [0.29, 0.717) is 18.1 Å². The number of nitrogens with zero attached hydrogens (tertiary/aromatic N) is 2. The van der Waals surface area contributed by atoms with Crippen molar-refractivity contribution in [3.8, 4) is 11.5 Å². The topological polar surface area (TPSA) is 53.0 Å². The van der Waals surface area contributed by atoms with E-state index in [-0.39, 0.29) is 30.1 Å². The normalized spacial score (nSPS) is 14.6. The Balaban J connectivity index is 1.39. The molecule has 1 amide bonds. The molecule has 1 aliphatic heterocycles.